The average Bonchev–Trinajstić information content (AvgIpc) is 2.67. The van der Waals surface area contributed by atoms with Crippen molar-refractivity contribution in [3.63, 3.8) is 0 Å². The number of carbonyl (C=O) groups is 2. The molecule has 1 unspecified atom stereocenters. The van der Waals surface area contributed by atoms with Gasteiger partial charge in [-0.25, -0.2) is 5.43 Å². The summed E-state index contributed by atoms with van der Waals surface area (Å²) in [5.41, 5.74) is 3.28. The van der Waals surface area contributed by atoms with Crippen LogP contribution in [0.5, 0.6) is 5.75 Å². The minimum absolute atomic E-state index is 0.194. The van der Waals surface area contributed by atoms with Gasteiger partial charge in [-0.3, -0.25) is 9.59 Å². The summed E-state index contributed by atoms with van der Waals surface area (Å²) in [4.78, 5) is 25.2. The second kappa shape index (κ2) is 11.2. The van der Waals surface area contributed by atoms with E-state index in [1.165, 1.54) is 18.3 Å². The molecule has 0 saturated heterocycles. The third-order valence-electron chi connectivity index (χ3n) is 4.06. The number of hydrazone groups is 1. The molecular weight excluding hydrogens is 449 g/mol. The summed E-state index contributed by atoms with van der Waals surface area (Å²) < 4.78 is 5.51. The van der Waals surface area contributed by atoms with E-state index >= 15 is 0 Å². The van der Waals surface area contributed by atoms with Gasteiger partial charge in [0.15, 0.2) is 0 Å². The summed E-state index contributed by atoms with van der Waals surface area (Å²) in [5, 5.41) is 7.79. The topological polar surface area (TPSA) is 79.8 Å². The highest BCUT2D eigenvalue weighted by atomic mass is 35.5. The maximum absolute atomic E-state index is 12.6. The number of rotatable bonds is 8. The fourth-order valence-electron chi connectivity index (χ4n) is 2.57. The Morgan fingerprint density at radius 1 is 1.10 bits per heavy atom. The molecule has 2 amide bonds. The van der Waals surface area contributed by atoms with Crippen molar-refractivity contribution in [2.24, 2.45) is 11.0 Å². The number of ether oxygens (including phenoxy) is 1. The van der Waals surface area contributed by atoms with E-state index in [9.17, 15) is 9.59 Å². The van der Waals surface area contributed by atoms with Gasteiger partial charge in [-0.2, -0.15) is 5.10 Å². The monoisotopic (exact) mass is 469 g/mol. The molecule has 0 aromatic heterocycles. The molecule has 0 spiro atoms. The normalized spacial score (nSPS) is 12.1. The average molecular weight is 471 g/mol. The van der Waals surface area contributed by atoms with Gasteiger partial charge in [-0.1, -0.05) is 48.7 Å². The molecule has 1 atom stereocenters. The summed E-state index contributed by atoms with van der Waals surface area (Å²) in [6.45, 7) is 5.95. The van der Waals surface area contributed by atoms with Crippen molar-refractivity contribution < 1.29 is 14.3 Å². The predicted octanol–water partition coefficient (Wildman–Crippen LogP) is 4.95. The van der Waals surface area contributed by atoms with Crippen LogP contribution in [0.1, 0.15) is 36.7 Å². The van der Waals surface area contributed by atoms with Gasteiger partial charge < -0.3 is 10.1 Å². The highest BCUT2D eigenvalue weighted by molar-refractivity contribution is 6.36. The molecule has 0 fully saturated rings. The van der Waals surface area contributed by atoms with Gasteiger partial charge in [-0.05, 0) is 49.2 Å². The van der Waals surface area contributed by atoms with E-state index in [0.717, 1.165) is 0 Å². The van der Waals surface area contributed by atoms with Crippen molar-refractivity contribution in [2.75, 3.05) is 6.61 Å². The van der Waals surface area contributed by atoms with Crippen LogP contribution in [0.15, 0.2) is 41.5 Å². The Bertz CT molecular complexity index is 948. The van der Waals surface area contributed by atoms with Crippen LogP contribution in [0, 0.1) is 5.92 Å². The Kier molecular flexibility index (Phi) is 8.96. The number of carbonyl (C=O) groups excluding carboxylic acids is 2. The summed E-state index contributed by atoms with van der Waals surface area (Å²) >= 11 is 18.0. The molecule has 2 rings (SSSR count). The zero-order valence-corrected chi connectivity index (χ0v) is 19.0. The van der Waals surface area contributed by atoms with Crippen LogP contribution in [-0.2, 0) is 4.79 Å². The number of nitrogens with one attached hydrogen (secondary N) is 2. The molecule has 0 saturated carbocycles. The lowest BCUT2D eigenvalue weighted by Crippen LogP contribution is -2.48. The van der Waals surface area contributed by atoms with Crippen molar-refractivity contribution in [1.29, 1.82) is 0 Å². The lowest BCUT2D eigenvalue weighted by molar-refractivity contribution is -0.123. The Morgan fingerprint density at radius 2 is 1.77 bits per heavy atom. The molecule has 160 valence electrons. The molecule has 0 aliphatic carbocycles. The van der Waals surface area contributed by atoms with Crippen LogP contribution < -0.4 is 15.5 Å². The van der Waals surface area contributed by atoms with E-state index in [2.05, 4.69) is 15.8 Å². The molecule has 2 aromatic carbocycles. The summed E-state index contributed by atoms with van der Waals surface area (Å²) in [6.07, 6.45) is 1.43. The summed E-state index contributed by atoms with van der Waals surface area (Å²) in [6, 6.07) is 8.80. The van der Waals surface area contributed by atoms with E-state index in [4.69, 9.17) is 39.5 Å². The molecule has 2 aromatic rings. The lowest BCUT2D eigenvalue weighted by atomic mass is 10.0. The first-order valence-corrected chi connectivity index (χ1v) is 10.4. The summed E-state index contributed by atoms with van der Waals surface area (Å²) in [7, 11) is 0. The third kappa shape index (κ3) is 6.62. The first-order valence-electron chi connectivity index (χ1n) is 9.24. The van der Waals surface area contributed by atoms with Crippen LogP contribution in [0.25, 0.3) is 0 Å². The number of amides is 2. The lowest BCUT2D eigenvalue weighted by Gasteiger charge is -2.20. The van der Waals surface area contributed by atoms with Crippen molar-refractivity contribution in [3.05, 3.63) is 62.6 Å². The van der Waals surface area contributed by atoms with Gasteiger partial charge in [0.05, 0.1) is 23.4 Å². The molecule has 2 N–H and O–H groups in total. The maximum Gasteiger partial charge on any atom is 0.262 e. The molecule has 0 radical (unpaired) electrons. The van der Waals surface area contributed by atoms with Crippen molar-refractivity contribution >= 4 is 52.8 Å². The van der Waals surface area contributed by atoms with Crippen LogP contribution in [-0.4, -0.2) is 30.7 Å². The van der Waals surface area contributed by atoms with E-state index in [1.807, 2.05) is 20.8 Å². The minimum atomic E-state index is -0.827. The largest absolute Gasteiger partial charge is 0.493 e. The third-order valence-corrected chi connectivity index (χ3v) is 4.84. The fourth-order valence-corrected chi connectivity index (χ4v) is 3.24. The Balaban J connectivity index is 2.10. The zero-order chi connectivity index (χ0) is 22.3. The molecule has 9 heteroatoms. The molecular formula is C21H22Cl3N3O3. The molecule has 6 nitrogen and oxygen atoms in total. The smallest absolute Gasteiger partial charge is 0.262 e. The van der Waals surface area contributed by atoms with Crippen LogP contribution in [0.2, 0.25) is 15.1 Å². The van der Waals surface area contributed by atoms with Crippen LogP contribution >= 0.6 is 34.8 Å². The first kappa shape index (κ1) is 24.0. The summed E-state index contributed by atoms with van der Waals surface area (Å²) in [5.74, 6) is -0.561. The van der Waals surface area contributed by atoms with Gasteiger partial charge in [0.1, 0.15) is 11.8 Å². The maximum atomic E-state index is 12.6. The van der Waals surface area contributed by atoms with Gasteiger partial charge >= 0.3 is 0 Å². The number of hydrogen-bond donors (Lipinski definition) is 2. The zero-order valence-electron chi connectivity index (χ0n) is 16.7. The molecule has 0 heterocycles. The van der Waals surface area contributed by atoms with E-state index in [-0.39, 0.29) is 16.5 Å². The number of nitrogens with zero attached hydrogens (tertiary/aromatic N) is 1. The Labute approximate surface area is 190 Å². The van der Waals surface area contributed by atoms with E-state index in [1.54, 1.807) is 24.3 Å². The standard InChI is InChI=1S/C21H22Cl3N3O3/c1-4-30-18-8-6-14(22)9-13(18)11-25-27-21(29)19(12(2)3)26-20(28)16-7-5-15(23)10-17(16)24/h5-12,19H,4H2,1-3H3,(H,26,28)(H,27,29)/b25-11+. The van der Waals surface area contributed by atoms with Crippen molar-refractivity contribution in [2.45, 2.75) is 26.8 Å². The van der Waals surface area contributed by atoms with E-state index < -0.39 is 17.9 Å². The van der Waals surface area contributed by atoms with Gasteiger partial charge in [0, 0.05) is 15.6 Å². The SMILES string of the molecule is CCOc1ccc(Cl)cc1/C=N/NC(=O)C(NC(=O)c1ccc(Cl)cc1Cl)C(C)C. The van der Waals surface area contributed by atoms with Gasteiger partial charge in [-0.15, -0.1) is 0 Å². The minimum Gasteiger partial charge on any atom is -0.493 e. The van der Waals surface area contributed by atoms with Gasteiger partial charge in [0.25, 0.3) is 11.8 Å². The number of benzene rings is 2. The second-order valence-electron chi connectivity index (χ2n) is 6.67. The quantitative estimate of drug-likeness (QED) is 0.423. The van der Waals surface area contributed by atoms with Crippen molar-refractivity contribution in [1.82, 2.24) is 10.7 Å². The fraction of sp³-hybridized carbons (Fsp3) is 0.286. The number of halogens is 3. The highest BCUT2D eigenvalue weighted by Gasteiger charge is 2.25. The van der Waals surface area contributed by atoms with Crippen molar-refractivity contribution in [3.8, 4) is 5.75 Å². The predicted molar refractivity (Wildman–Crippen MR) is 121 cm³/mol. The van der Waals surface area contributed by atoms with E-state index in [0.29, 0.717) is 28.0 Å². The number of hydrogen-bond acceptors (Lipinski definition) is 4. The van der Waals surface area contributed by atoms with Gasteiger partial charge in [0.2, 0.25) is 0 Å². The second-order valence-corrected chi connectivity index (χ2v) is 7.95. The van der Waals surface area contributed by atoms with Crippen LogP contribution in [0.3, 0.4) is 0 Å². The molecule has 0 aliphatic heterocycles. The molecule has 30 heavy (non-hydrogen) atoms. The Hall–Kier alpha value is -2.28. The first-order chi connectivity index (χ1) is 14.2. The Morgan fingerprint density at radius 3 is 2.40 bits per heavy atom. The molecule has 0 aliphatic rings. The van der Waals surface area contributed by atoms with Crippen LogP contribution in [0.4, 0.5) is 0 Å². The highest BCUT2D eigenvalue weighted by Crippen LogP contribution is 2.22. The molecule has 0 bridgehead atoms.